The zero-order chi connectivity index (χ0) is 12.8. The zero-order valence-corrected chi connectivity index (χ0v) is 9.60. The summed E-state index contributed by atoms with van der Waals surface area (Å²) in [5.41, 5.74) is 0. The molecule has 0 bridgehead atoms. The van der Waals surface area contributed by atoms with E-state index in [9.17, 15) is 14.4 Å². The maximum Gasteiger partial charge on any atom is 0.347 e. The van der Waals surface area contributed by atoms with E-state index >= 15 is 0 Å². The highest BCUT2D eigenvalue weighted by molar-refractivity contribution is 5.87. The Morgan fingerprint density at radius 2 is 2.35 bits per heavy atom. The fourth-order valence-electron chi connectivity index (χ4n) is 1.34. The predicted octanol–water partition coefficient (Wildman–Crippen LogP) is -0.217. The van der Waals surface area contributed by atoms with E-state index in [0.717, 1.165) is 6.08 Å². The van der Waals surface area contributed by atoms with Crippen molar-refractivity contribution in [2.75, 3.05) is 13.2 Å². The van der Waals surface area contributed by atoms with Crippen molar-refractivity contribution in [1.82, 2.24) is 5.32 Å². The minimum absolute atomic E-state index is 0.0100. The van der Waals surface area contributed by atoms with Gasteiger partial charge in [0.25, 0.3) is 0 Å². The van der Waals surface area contributed by atoms with Crippen molar-refractivity contribution >= 4 is 17.8 Å². The third kappa shape index (κ3) is 3.90. The van der Waals surface area contributed by atoms with Crippen LogP contribution in [-0.4, -0.2) is 37.1 Å². The summed E-state index contributed by atoms with van der Waals surface area (Å²) in [6, 6.07) is 0. The Morgan fingerprint density at radius 3 is 2.88 bits per heavy atom. The van der Waals surface area contributed by atoms with Crippen LogP contribution in [0, 0.1) is 5.92 Å². The molecule has 1 aliphatic rings. The molecule has 0 radical (unpaired) electrons. The zero-order valence-electron chi connectivity index (χ0n) is 9.60. The van der Waals surface area contributed by atoms with Gasteiger partial charge in [-0.3, -0.25) is 9.59 Å². The van der Waals surface area contributed by atoms with Gasteiger partial charge < -0.3 is 14.8 Å². The van der Waals surface area contributed by atoms with E-state index in [1.54, 1.807) is 6.92 Å². The molecule has 6 heteroatoms. The van der Waals surface area contributed by atoms with E-state index < -0.39 is 18.0 Å². The number of carbonyl (C=O) groups is 3. The minimum atomic E-state index is -0.822. The van der Waals surface area contributed by atoms with Gasteiger partial charge in [0.15, 0.2) is 0 Å². The maximum atomic E-state index is 11.4. The number of cyclic esters (lactones) is 1. The average molecular weight is 241 g/mol. The van der Waals surface area contributed by atoms with Crippen molar-refractivity contribution < 1.29 is 23.9 Å². The van der Waals surface area contributed by atoms with Crippen molar-refractivity contribution in [2.45, 2.75) is 19.4 Å². The second-order valence-electron chi connectivity index (χ2n) is 3.76. The lowest BCUT2D eigenvalue weighted by atomic mass is 10.1. The molecule has 1 aliphatic heterocycles. The van der Waals surface area contributed by atoms with Gasteiger partial charge in [0.2, 0.25) is 12.0 Å². The maximum absolute atomic E-state index is 11.4. The molecule has 2 atom stereocenters. The monoisotopic (exact) mass is 241 g/mol. The van der Waals surface area contributed by atoms with Gasteiger partial charge in [-0.25, -0.2) is 4.79 Å². The molecule has 1 fully saturated rings. The normalized spacial score (nSPS) is 22.8. The molecule has 0 spiro atoms. The summed E-state index contributed by atoms with van der Waals surface area (Å²) >= 11 is 0. The largest absolute Gasteiger partial charge is 0.462 e. The second-order valence-corrected chi connectivity index (χ2v) is 3.76. The summed E-state index contributed by atoms with van der Waals surface area (Å²) in [6.07, 6.45) is 0.301. The number of carbonyl (C=O) groups excluding carboxylic acids is 3. The fourth-order valence-corrected chi connectivity index (χ4v) is 1.34. The lowest BCUT2D eigenvalue weighted by molar-refractivity contribution is -0.161. The predicted molar refractivity (Wildman–Crippen MR) is 57.8 cm³/mol. The molecule has 0 aromatic rings. The van der Waals surface area contributed by atoms with Gasteiger partial charge in [-0.15, -0.1) is 0 Å². The number of hydrogen-bond acceptors (Lipinski definition) is 5. The fraction of sp³-hybridized carbons (Fsp3) is 0.545. The van der Waals surface area contributed by atoms with Crippen LogP contribution in [-0.2, 0) is 23.9 Å². The highest BCUT2D eigenvalue weighted by atomic mass is 16.6. The Morgan fingerprint density at radius 1 is 1.65 bits per heavy atom. The Labute approximate surface area is 99.0 Å². The molecule has 1 heterocycles. The van der Waals surface area contributed by atoms with Gasteiger partial charge >= 0.3 is 11.9 Å². The Kier molecular flexibility index (Phi) is 4.68. The summed E-state index contributed by atoms with van der Waals surface area (Å²) in [5.74, 6) is -1.54. The number of nitrogens with one attached hydrogen (secondary N) is 1. The molecule has 1 rings (SSSR count). The Bertz CT molecular complexity index is 339. The number of rotatable bonds is 5. The van der Waals surface area contributed by atoms with Crippen molar-refractivity contribution in [3.63, 3.8) is 0 Å². The molecule has 0 saturated carbocycles. The Hall–Kier alpha value is -1.85. The summed E-state index contributed by atoms with van der Waals surface area (Å²) in [6.45, 7) is 5.46. The van der Waals surface area contributed by atoms with Gasteiger partial charge in [0, 0.05) is 12.5 Å². The first-order valence-corrected chi connectivity index (χ1v) is 5.31. The first kappa shape index (κ1) is 13.2. The third-order valence-electron chi connectivity index (χ3n) is 2.31. The number of esters is 2. The van der Waals surface area contributed by atoms with Crippen LogP contribution < -0.4 is 5.32 Å². The smallest absolute Gasteiger partial charge is 0.347 e. The van der Waals surface area contributed by atoms with Crippen molar-refractivity contribution in [1.29, 1.82) is 0 Å². The standard InChI is InChI=1S/C11H15NO5/c1-3-8(13)12-5-4-9(14)17-10-7(2)6-16-11(10)15/h3,7,10H,1,4-6H2,2H3,(H,12,13). The van der Waals surface area contributed by atoms with Crippen LogP contribution >= 0.6 is 0 Å². The molecule has 0 aromatic heterocycles. The summed E-state index contributed by atoms with van der Waals surface area (Å²) in [4.78, 5) is 33.3. The average Bonchev–Trinajstić information content (AvgIpc) is 2.60. The van der Waals surface area contributed by atoms with Gasteiger partial charge in [0.05, 0.1) is 13.0 Å². The highest BCUT2D eigenvalue weighted by Gasteiger charge is 2.36. The van der Waals surface area contributed by atoms with Crippen LogP contribution in [0.25, 0.3) is 0 Å². The van der Waals surface area contributed by atoms with E-state index in [2.05, 4.69) is 11.9 Å². The topological polar surface area (TPSA) is 81.7 Å². The van der Waals surface area contributed by atoms with Gasteiger partial charge in [-0.1, -0.05) is 13.5 Å². The molecule has 0 aromatic carbocycles. The van der Waals surface area contributed by atoms with Crippen LogP contribution in [0.3, 0.4) is 0 Å². The number of hydrogen-bond donors (Lipinski definition) is 1. The van der Waals surface area contributed by atoms with E-state index in [-0.39, 0.29) is 31.4 Å². The first-order chi connectivity index (χ1) is 8.04. The molecule has 94 valence electrons. The molecule has 6 nitrogen and oxygen atoms in total. The van der Waals surface area contributed by atoms with Crippen molar-refractivity contribution in [2.24, 2.45) is 5.92 Å². The minimum Gasteiger partial charge on any atom is -0.462 e. The summed E-state index contributed by atoms with van der Waals surface area (Å²) in [7, 11) is 0. The van der Waals surface area contributed by atoms with Crippen LogP contribution in [0.1, 0.15) is 13.3 Å². The molecular weight excluding hydrogens is 226 g/mol. The van der Waals surface area contributed by atoms with E-state index in [1.165, 1.54) is 0 Å². The van der Waals surface area contributed by atoms with Crippen LogP contribution in [0.4, 0.5) is 0 Å². The lowest BCUT2D eigenvalue weighted by Crippen LogP contribution is -2.30. The van der Waals surface area contributed by atoms with E-state index in [4.69, 9.17) is 9.47 Å². The highest BCUT2D eigenvalue weighted by Crippen LogP contribution is 2.17. The van der Waals surface area contributed by atoms with Gasteiger partial charge in [0.1, 0.15) is 0 Å². The van der Waals surface area contributed by atoms with Crippen molar-refractivity contribution in [3.05, 3.63) is 12.7 Å². The summed E-state index contributed by atoms with van der Waals surface area (Å²) < 4.78 is 9.70. The number of amides is 1. The van der Waals surface area contributed by atoms with Crippen molar-refractivity contribution in [3.8, 4) is 0 Å². The third-order valence-corrected chi connectivity index (χ3v) is 2.31. The molecule has 1 saturated heterocycles. The Balaban J connectivity index is 2.27. The quantitative estimate of drug-likeness (QED) is 0.531. The lowest BCUT2D eigenvalue weighted by Gasteiger charge is -2.12. The van der Waals surface area contributed by atoms with E-state index in [0.29, 0.717) is 0 Å². The SMILES string of the molecule is C=CC(=O)NCCC(=O)OC1C(=O)OCC1C. The first-order valence-electron chi connectivity index (χ1n) is 5.31. The molecule has 17 heavy (non-hydrogen) atoms. The van der Waals surface area contributed by atoms with Crippen LogP contribution in [0.2, 0.25) is 0 Å². The number of ether oxygens (including phenoxy) is 2. The second kappa shape index (κ2) is 6.03. The van der Waals surface area contributed by atoms with Crippen LogP contribution in [0.15, 0.2) is 12.7 Å². The summed E-state index contributed by atoms with van der Waals surface area (Å²) in [5, 5.41) is 2.44. The van der Waals surface area contributed by atoms with Gasteiger partial charge in [-0.2, -0.15) is 0 Å². The molecular formula is C11H15NO5. The van der Waals surface area contributed by atoms with Gasteiger partial charge in [-0.05, 0) is 6.08 Å². The molecule has 1 N–H and O–H groups in total. The molecule has 0 aliphatic carbocycles. The van der Waals surface area contributed by atoms with E-state index in [1.807, 2.05) is 0 Å². The molecule has 1 amide bonds. The van der Waals surface area contributed by atoms with Crippen LogP contribution in [0.5, 0.6) is 0 Å². The molecule has 2 unspecified atom stereocenters.